The number of rotatable bonds is 3. The van der Waals surface area contributed by atoms with Gasteiger partial charge in [0.2, 0.25) is 0 Å². The van der Waals surface area contributed by atoms with E-state index in [9.17, 15) is 0 Å². The predicted molar refractivity (Wildman–Crippen MR) is 46.5 cm³/mol. The van der Waals surface area contributed by atoms with Gasteiger partial charge in [0.1, 0.15) is 0 Å². The van der Waals surface area contributed by atoms with Gasteiger partial charge in [-0.25, -0.2) is 0 Å². The molecule has 52 valence electrons. The van der Waals surface area contributed by atoms with Gasteiger partial charge >= 0.3 is 0 Å². The maximum Gasteiger partial charge on any atom is -0.0259 e. The highest BCUT2D eigenvalue weighted by molar-refractivity contribution is 8.04. The zero-order valence-corrected chi connectivity index (χ0v) is 7.16. The van der Waals surface area contributed by atoms with Crippen molar-refractivity contribution in [2.45, 2.75) is 27.2 Å². The largest absolute Gasteiger partial charge is 0.106 e. The van der Waals surface area contributed by atoms with E-state index < -0.39 is 0 Å². The molecule has 0 N–H and O–H groups in total. The molecular formula is C8H14S. The molecule has 0 unspecified atom stereocenters. The van der Waals surface area contributed by atoms with Gasteiger partial charge in [-0.3, -0.25) is 0 Å². The third-order valence-electron chi connectivity index (χ3n) is 1.04. The van der Waals surface area contributed by atoms with Crippen LogP contribution in [-0.2, 0) is 0 Å². The summed E-state index contributed by atoms with van der Waals surface area (Å²) < 4.78 is 0. The summed E-state index contributed by atoms with van der Waals surface area (Å²) in [6, 6.07) is 0. The van der Waals surface area contributed by atoms with Crippen LogP contribution in [0.15, 0.2) is 22.5 Å². The van der Waals surface area contributed by atoms with Gasteiger partial charge in [-0.2, -0.15) is 0 Å². The van der Waals surface area contributed by atoms with Crippen molar-refractivity contribution in [2.24, 2.45) is 0 Å². The summed E-state index contributed by atoms with van der Waals surface area (Å²) in [4.78, 5) is 0. The summed E-state index contributed by atoms with van der Waals surface area (Å²) in [7, 11) is 0. The summed E-state index contributed by atoms with van der Waals surface area (Å²) >= 11 is 1.74. The van der Waals surface area contributed by atoms with E-state index in [-0.39, 0.29) is 0 Å². The molecule has 0 spiro atoms. The maximum absolute atomic E-state index is 2.18. The van der Waals surface area contributed by atoms with Gasteiger partial charge in [0.05, 0.1) is 0 Å². The van der Waals surface area contributed by atoms with E-state index in [1.54, 1.807) is 11.8 Å². The third kappa shape index (κ3) is 5.71. The van der Waals surface area contributed by atoms with Crippen molar-refractivity contribution < 1.29 is 0 Å². The molecule has 0 aromatic carbocycles. The Labute approximate surface area is 62.0 Å². The second-order valence-electron chi connectivity index (χ2n) is 1.92. The van der Waals surface area contributed by atoms with E-state index in [4.69, 9.17) is 0 Å². The summed E-state index contributed by atoms with van der Waals surface area (Å²) in [5.74, 6) is 0. The van der Waals surface area contributed by atoms with Gasteiger partial charge < -0.3 is 0 Å². The fourth-order valence-corrected chi connectivity index (χ4v) is 0.952. The summed E-state index contributed by atoms with van der Waals surface area (Å²) in [5.41, 5.74) is 1.44. The molecule has 0 aromatic rings. The molecule has 0 aromatic heterocycles. The number of hydrogen-bond donors (Lipinski definition) is 0. The van der Waals surface area contributed by atoms with Crippen molar-refractivity contribution in [3.8, 4) is 0 Å². The molecule has 0 saturated heterocycles. The van der Waals surface area contributed by atoms with E-state index in [1.807, 2.05) is 13.0 Å². The van der Waals surface area contributed by atoms with E-state index in [2.05, 4.69) is 24.7 Å². The molecule has 0 atom stereocenters. The van der Waals surface area contributed by atoms with E-state index in [1.165, 1.54) is 5.57 Å². The molecule has 0 amide bonds. The standard InChI is InChI=1S/C8H14S/c1-4-6-9-7-8(3)5-2/h4,6-7H,5H2,1-3H3. The van der Waals surface area contributed by atoms with Crippen LogP contribution in [0.25, 0.3) is 0 Å². The fraction of sp³-hybridized carbons (Fsp3) is 0.500. The van der Waals surface area contributed by atoms with Crippen molar-refractivity contribution in [3.63, 3.8) is 0 Å². The minimum Gasteiger partial charge on any atom is -0.106 e. The second-order valence-corrected chi connectivity index (χ2v) is 2.70. The van der Waals surface area contributed by atoms with Crippen LogP contribution in [0.4, 0.5) is 0 Å². The van der Waals surface area contributed by atoms with Crippen molar-refractivity contribution in [2.75, 3.05) is 0 Å². The third-order valence-corrected chi connectivity index (χ3v) is 2.01. The second kappa shape index (κ2) is 5.96. The monoisotopic (exact) mass is 142 g/mol. The molecule has 0 rings (SSSR count). The first-order chi connectivity index (χ1) is 4.31. The topological polar surface area (TPSA) is 0 Å². The van der Waals surface area contributed by atoms with Gasteiger partial charge in [-0.05, 0) is 31.1 Å². The number of thioether (sulfide) groups is 1. The van der Waals surface area contributed by atoms with Gasteiger partial charge in [0.25, 0.3) is 0 Å². The van der Waals surface area contributed by atoms with Gasteiger partial charge in [0, 0.05) is 0 Å². The molecule has 0 aliphatic carbocycles. The lowest BCUT2D eigenvalue weighted by molar-refractivity contribution is 1.11. The molecule has 0 bridgehead atoms. The molecule has 0 aliphatic heterocycles. The van der Waals surface area contributed by atoms with Crippen LogP contribution in [0.1, 0.15) is 27.2 Å². The molecule has 0 heterocycles. The van der Waals surface area contributed by atoms with Crippen molar-refractivity contribution in [1.29, 1.82) is 0 Å². The minimum absolute atomic E-state index is 1.16. The highest BCUT2D eigenvalue weighted by Crippen LogP contribution is 2.09. The van der Waals surface area contributed by atoms with Crippen LogP contribution in [0.3, 0.4) is 0 Å². The Kier molecular flexibility index (Phi) is 5.85. The van der Waals surface area contributed by atoms with E-state index >= 15 is 0 Å². The fourth-order valence-electron chi connectivity index (χ4n) is 0.317. The maximum atomic E-state index is 2.18. The van der Waals surface area contributed by atoms with Crippen molar-refractivity contribution >= 4 is 11.8 Å². The summed E-state index contributed by atoms with van der Waals surface area (Å²) in [5, 5.41) is 4.26. The van der Waals surface area contributed by atoms with Crippen LogP contribution in [0, 0.1) is 0 Å². The van der Waals surface area contributed by atoms with Crippen LogP contribution < -0.4 is 0 Å². The SMILES string of the molecule is CC=CSC=C(C)CC. The van der Waals surface area contributed by atoms with Crippen LogP contribution >= 0.6 is 11.8 Å². The Bertz CT molecular complexity index is 112. The highest BCUT2D eigenvalue weighted by atomic mass is 32.2. The normalized spacial score (nSPS) is 13.0. The van der Waals surface area contributed by atoms with Gasteiger partial charge in [0.15, 0.2) is 0 Å². The zero-order chi connectivity index (χ0) is 7.11. The Morgan fingerprint density at radius 2 is 2.22 bits per heavy atom. The predicted octanol–water partition coefficient (Wildman–Crippen LogP) is 3.57. The van der Waals surface area contributed by atoms with Crippen LogP contribution in [0.5, 0.6) is 0 Å². The quantitative estimate of drug-likeness (QED) is 0.580. The molecular weight excluding hydrogens is 128 g/mol. The average Bonchev–Trinajstić information content (AvgIpc) is 1.89. The number of hydrogen-bond acceptors (Lipinski definition) is 1. The first kappa shape index (κ1) is 8.83. The lowest BCUT2D eigenvalue weighted by atomic mass is 10.3. The molecule has 0 fully saturated rings. The Balaban J connectivity index is 3.43. The first-order valence-corrected chi connectivity index (χ1v) is 4.17. The van der Waals surface area contributed by atoms with Gasteiger partial charge in [-0.15, -0.1) is 11.8 Å². The molecule has 0 nitrogen and oxygen atoms in total. The smallest absolute Gasteiger partial charge is 0.0259 e. The molecule has 9 heavy (non-hydrogen) atoms. The molecule has 0 radical (unpaired) electrons. The molecule has 0 aliphatic rings. The summed E-state index contributed by atoms with van der Waals surface area (Å²) in [6.45, 7) is 6.35. The zero-order valence-electron chi connectivity index (χ0n) is 6.35. The van der Waals surface area contributed by atoms with E-state index in [0.29, 0.717) is 0 Å². The summed E-state index contributed by atoms with van der Waals surface area (Å²) in [6.07, 6.45) is 3.20. The van der Waals surface area contributed by atoms with Gasteiger partial charge in [-0.1, -0.05) is 18.6 Å². The highest BCUT2D eigenvalue weighted by Gasteiger charge is 1.79. The first-order valence-electron chi connectivity index (χ1n) is 3.23. The Morgan fingerprint density at radius 3 is 2.67 bits per heavy atom. The van der Waals surface area contributed by atoms with Crippen LogP contribution in [0.2, 0.25) is 0 Å². The van der Waals surface area contributed by atoms with Crippen LogP contribution in [-0.4, -0.2) is 0 Å². The van der Waals surface area contributed by atoms with Crippen molar-refractivity contribution in [3.05, 3.63) is 22.5 Å². The lowest BCUT2D eigenvalue weighted by Crippen LogP contribution is -1.64. The minimum atomic E-state index is 1.16. The molecule has 1 heteroatoms. The van der Waals surface area contributed by atoms with Crippen molar-refractivity contribution in [1.82, 2.24) is 0 Å². The average molecular weight is 142 g/mol. The number of allylic oxidation sites excluding steroid dienone is 2. The van der Waals surface area contributed by atoms with E-state index in [0.717, 1.165) is 6.42 Å². The Hall–Kier alpha value is -0.170. The lowest BCUT2D eigenvalue weighted by Gasteiger charge is -1.89. The molecule has 0 saturated carbocycles. The Morgan fingerprint density at radius 1 is 1.56 bits per heavy atom.